The molecule has 32 heavy (non-hydrogen) atoms. The molecule has 7 unspecified atom stereocenters. The first-order valence-corrected chi connectivity index (χ1v) is 12.4. The van der Waals surface area contributed by atoms with Crippen molar-refractivity contribution in [3.05, 3.63) is 41.5 Å². The van der Waals surface area contributed by atoms with E-state index in [1.165, 1.54) is 16.8 Å². The van der Waals surface area contributed by atoms with Crippen LogP contribution in [0.4, 0.5) is 5.69 Å². The van der Waals surface area contributed by atoms with E-state index in [1.54, 1.807) is 0 Å². The summed E-state index contributed by atoms with van der Waals surface area (Å²) >= 11 is 0. The van der Waals surface area contributed by atoms with E-state index in [1.807, 2.05) is 0 Å². The maximum Gasteiger partial charge on any atom is 0.311 e. The fraction of sp³-hybridized carbons (Fsp3) is 0.667. The molecule has 0 spiro atoms. The van der Waals surface area contributed by atoms with Gasteiger partial charge in [0.05, 0.1) is 12.0 Å². The van der Waals surface area contributed by atoms with Gasteiger partial charge < -0.3 is 14.7 Å². The molecule has 5 nitrogen and oxygen atoms in total. The largest absolute Gasteiger partial charge is 0.461 e. The van der Waals surface area contributed by atoms with E-state index in [2.05, 4.69) is 67.8 Å². The number of aliphatic hydroxyl groups excluding tert-OH is 1. The molecule has 174 valence electrons. The minimum absolute atomic E-state index is 0.102. The lowest BCUT2D eigenvalue weighted by molar-refractivity contribution is -0.145. The van der Waals surface area contributed by atoms with Crippen LogP contribution in [0.5, 0.6) is 0 Å². The molecule has 5 heteroatoms. The topological polar surface area (TPSA) is 53.0 Å². The zero-order valence-corrected chi connectivity index (χ0v) is 20.0. The van der Waals surface area contributed by atoms with Crippen LogP contribution in [0.1, 0.15) is 45.6 Å². The number of aliphatic hydroxyl groups is 1. The van der Waals surface area contributed by atoms with Gasteiger partial charge in [0.1, 0.15) is 6.10 Å². The van der Waals surface area contributed by atoms with E-state index < -0.39 is 6.10 Å². The third-order valence-electron chi connectivity index (χ3n) is 9.07. The number of ether oxygens (including phenoxy) is 1. The Hall–Kier alpha value is -1.85. The van der Waals surface area contributed by atoms with E-state index in [-0.39, 0.29) is 29.3 Å². The lowest BCUT2D eigenvalue weighted by Gasteiger charge is -2.52. The van der Waals surface area contributed by atoms with Gasteiger partial charge in [0, 0.05) is 55.7 Å². The van der Waals surface area contributed by atoms with Gasteiger partial charge in [0.25, 0.3) is 0 Å². The molecule has 0 aromatic heterocycles. The number of benzene rings is 1. The normalized spacial score (nSPS) is 39.8. The Kier molecular flexibility index (Phi) is 5.61. The predicted molar refractivity (Wildman–Crippen MR) is 126 cm³/mol. The number of fused-ring (bicyclic) bond motifs is 2. The first-order chi connectivity index (χ1) is 15.3. The number of aryl methyl sites for hydroxylation is 1. The SMILES string of the molecule is Cc1cccc(N2CCN(CC3C(=O)OC4CC5=CCCC(C)C5(C)C(O)C43)CC2C)c1. The number of esters is 1. The molecular weight excluding hydrogens is 400 g/mol. The summed E-state index contributed by atoms with van der Waals surface area (Å²) in [7, 11) is 0. The van der Waals surface area contributed by atoms with Crippen LogP contribution in [0.25, 0.3) is 0 Å². The Morgan fingerprint density at radius 3 is 2.81 bits per heavy atom. The Bertz CT molecular complexity index is 914. The second-order valence-electron chi connectivity index (χ2n) is 10.9. The van der Waals surface area contributed by atoms with Crippen molar-refractivity contribution in [3.8, 4) is 0 Å². The minimum Gasteiger partial charge on any atom is -0.461 e. The number of nitrogens with zero attached hydrogens (tertiary/aromatic N) is 2. The number of hydrogen-bond acceptors (Lipinski definition) is 5. The first-order valence-electron chi connectivity index (χ1n) is 12.4. The van der Waals surface area contributed by atoms with Gasteiger partial charge >= 0.3 is 5.97 Å². The zero-order valence-electron chi connectivity index (χ0n) is 20.0. The average molecular weight is 439 g/mol. The van der Waals surface area contributed by atoms with Gasteiger partial charge in [-0.15, -0.1) is 0 Å². The summed E-state index contributed by atoms with van der Waals surface area (Å²) in [5.41, 5.74) is 3.63. The van der Waals surface area contributed by atoms with Crippen molar-refractivity contribution in [2.45, 2.75) is 65.2 Å². The standard InChI is InChI=1S/C27H38N2O3/c1-17-7-5-10-21(13-17)29-12-11-28(15-19(29)3)16-22-24-23(32-26(22)31)14-20-9-6-8-18(2)27(20,4)25(24)30/h5,7,9-10,13,18-19,22-25,30H,6,8,11-12,14-16H2,1-4H3. The number of carbonyl (C=O) groups excluding carboxylic acids is 1. The summed E-state index contributed by atoms with van der Waals surface area (Å²) in [5.74, 6) is -0.0217. The highest BCUT2D eigenvalue weighted by Crippen LogP contribution is 2.56. The Balaban J connectivity index is 1.30. The summed E-state index contributed by atoms with van der Waals surface area (Å²) in [5, 5.41) is 11.6. The second kappa shape index (κ2) is 8.18. The highest BCUT2D eigenvalue weighted by atomic mass is 16.6. The smallest absolute Gasteiger partial charge is 0.311 e. The first kappa shape index (κ1) is 22.0. The van der Waals surface area contributed by atoms with Crippen molar-refractivity contribution in [2.24, 2.45) is 23.2 Å². The van der Waals surface area contributed by atoms with Crippen LogP contribution < -0.4 is 4.90 Å². The summed E-state index contributed by atoms with van der Waals surface area (Å²) < 4.78 is 5.87. The average Bonchev–Trinajstić information content (AvgIpc) is 3.05. The fourth-order valence-corrected chi connectivity index (χ4v) is 6.94. The van der Waals surface area contributed by atoms with E-state index in [9.17, 15) is 9.90 Å². The van der Waals surface area contributed by atoms with Gasteiger partial charge in [-0.05, 0) is 50.3 Å². The molecule has 7 atom stereocenters. The highest BCUT2D eigenvalue weighted by molar-refractivity contribution is 5.76. The van der Waals surface area contributed by atoms with Crippen molar-refractivity contribution in [1.29, 1.82) is 0 Å². The van der Waals surface area contributed by atoms with Crippen LogP contribution >= 0.6 is 0 Å². The Morgan fingerprint density at radius 1 is 1.25 bits per heavy atom. The summed E-state index contributed by atoms with van der Waals surface area (Å²) in [6.07, 6.45) is 4.57. The molecule has 1 aromatic carbocycles. The molecule has 0 radical (unpaired) electrons. The van der Waals surface area contributed by atoms with Crippen molar-refractivity contribution in [2.75, 3.05) is 31.1 Å². The van der Waals surface area contributed by atoms with Gasteiger partial charge in [-0.25, -0.2) is 0 Å². The van der Waals surface area contributed by atoms with Crippen molar-refractivity contribution in [1.82, 2.24) is 4.90 Å². The molecule has 4 aliphatic rings. The van der Waals surface area contributed by atoms with E-state index >= 15 is 0 Å². The third-order valence-corrected chi connectivity index (χ3v) is 9.07. The van der Waals surface area contributed by atoms with E-state index in [4.69, 9.17) is 4.74 Å². The van der Waals surface area contributed by atoms with Gasteiger partial charge in [0.2, 0.25) is 0 Å². The fourth-order valence-electron chi connectivity index (χ4n) is 6.94. The van der Waals surface area contributed by atoms with E-state index in [0.29, 0.717) is 18.5 Å². The Morgan fingerprint density at radius 2 is 2.06 bits per heavy atom. The van der Waals surface area contributed by atoms with Crippen LogP contribution in [0.3, 0.4) is 0 Å². The van der Waals surface area contributed by atoms with Crippen LogP contribution in [0, 0.1) is 30.1 Å². The van der Waals surface area contributed by atoms with Crippen molar-refractivity contribution < 1.29 is 14.6 Å². The molecule has 3 fully saturated rings. The molecular formula is C27H38N2O3. The molecule has 5 rings (SSSR count). The number of allylic oxidation sites excluding steroid dienone is 1. The molecule has 0 bridgehead atoms. The van der Waals surface area contributed by atoms with Crippen molar-refractivity contribution in [3.63, 3.8) is 0 Å². The highest BCUT2D eigenvalue weighted by Gasteiger charge is 2.59. The molecule has 1 saturated carbocycles. The maximum absolute atomic E-state index is 13.0. The van der Waals surface area contributed by atoms with E-state index in [0.717, 1.165) is 38.9 Å². The van der Waals surface area contributed by atoms with Crippen LogP contribution in [-0.2, 0) is 9.53 Å². The van der Waals surface area contributed by atoms with Gasteiger partial charge in [0.15, 0.2) is 0 Å². The molecule has 1 aromatic rings. The van der Waals surface area contributed by atoms with Crippen molar-refractivity contribution >= 4 is 11.7 Å². The zero-order chi connectivity index (χ0) is 22.6. The van der Waals surface area contributed by atoms with Crippen LogP contribution in [-0.4, -0.2) is 60.4 Å². The number of piperazine rings is 1. The number of hydrogen-bond donors (Lipinski definition) is 1. The summed E-state index contributed by atoms with van der Waals surface area (Å²) in [4.78, 5) is 17.8. The van der Waals surface area contributed by atoms with Gasteiger partial charge in [-0.3, -0.25) is 9.69 Å². The molecule has 2 heterocycles. The summed E-state index contributed by atoms with van der Waals surface area (Å²) in [6, 6.07) is 9.07. The Labute approximate surface area is 192 Å². The predicted octanol–water partition coefficient (Wildman–Crippen LogP) is 3.79. The van der Waals surface area contributed by atoms with Gasteiger partial charge in [-0.2, -0.15) is 0 Å². The maximum atomic E-state index is 13.0. The third kappa shape index (κ3) is 3.49. The second-order valence-corrected chi connectivity index (χ2v) is 10.9. The van der Waals surface area contributed by atoms with Crippen LogP contribution in [0.15, 0.2) is 35.9 Å². The molecule has 2 aliphatic carbocycles. The van der Waals surface area contributed by atoms with Crippen LogP contribution in [0.2, 0.25) is 0 Å². The number of rotatable bonds is 3. The summed E-state index contributed by atoms with van der Waals surface area (Å²) in [6.45, 7) is 12.4. The molecule has 2 saturated heterocycles. The number of anilines is 1. The number of carbonyl (C=O) groups is 1. The lowest BCUT2D eigenvalue weighted by Crippen LogP contribution is -2.56. The lowest BCUT2D eigenvalue weighted by atomic mass is 9.55. The van der Waals surface area contributed by atoms with Gasteiger partial charge in [-0.1, -0.05) is 37.6 Å². The molecule has 1 N–H and O–H groups in total. The molecule has 0 amide bonds. The minimum atomic E-state index is -0.523. The molecule has 2 aliphatic heterocycles. The monoisotopic (exact) mass is 438 g/mol. The quantitative estimate of drug-likeness (QED) is 0.575.